The average Bonchev–Trinajstić information content (AvgIpc) is 1.90. The molecule has 1 rings (SSSR count). The summed E-state index contributed by atoms with van der Waals surface area (Å²) in [6.45, 7) is 4.84. The normalized spacial score (nSPS) is 24.7. The van der Waals surface area contributed by atoms with Crippen LogP contribution in [-0.4, -0.2) is 39.9 Å². The van der Waals surface area contributed by atoms with E-state index >= 15 is 0 Å². The zero-order chi connectivity index (χ0) is 6.69. The number of nitrogens with zero attached hydrogens (tertiary/aromatic N) is 2. The Morgan fingerprint density at radius 2 is 1.78 bits per heavy atom. The molecule has 1 saturated heterocycles. The molecule has 9 heavy (non-hydrogen) atoms. The molecule has 0 atom stereocenters. The van der Waals surface area contributed by atoms with E-state index in [1.165, 1.54) is 26.2 Å². The van der Waals surface area contributed by atoms with E-state index in [0.717, 1.165) is 0 Å². The Morgan fingerprint density at radius 1 is 1.22 bits per heavy atom. The summed E-state index contributed by atoms with van der Waals surface area (Å²) in [6, 6.07) is 0. The highest BCUT2D eigenvalue weighted by Crippen LogP contribution is 2.11. The lowest BCUT2D eigenvalue weighted by Crippen LogP contribution is -2.37. The van der Waals surface area contributed by atoms with E-state index in [-0.39, 0.29) is 0 Å². The minimum atomic E-state index is 1.21. The SMILES string of the molecule is CSN1CCN(I)CC1. The number of hydrogen-bond acceptors (Lipinski definition) is 3. The van der Waals surface area contributed by atoms with Crippen molar-refractivity contribution in [2.24, 2.45) is 0 Å². The third kappa shape index (κ3) is 2.61. The summed E-state index contributed by atoms with van der Waals surface area (Å²) in [4.78, 5) is 0. The summed E-state index contributed by atoms with van der Waals surface area (Å²) in [5, 5.41) is 0. The standard InChI is InChI=1S/C5H11IN2S/c1-9-8-4-2-7(6)3-5-8/h2-5H2,1H3. The second-order valence-electron chi connectivity index (χ2n) is 2.02. The fourth-order valence-electron chi connectivity index (χ4n) is 0.846. The van der Waals surface area contributed by atoms with E-state index in [1.807, 2.05) is 11.9 Å². The van der Waals surface area contributed by atoms with Gasteiger partial charge in [0.2, 0.25) is 0 Å². The molecule has 0 aromatic carbocycles. The van der Waals surface area contributed by atoms with Crippen LogP contribution in [0.25, 0.3) is 0 Å². The number of halogens is 1. The van der Waals surface area contributed by atoms with Gasteiger partial charge >= 0.3 is 0 Å². The maximum absolute atomic E-state index is 2.40. The first kappa shape index (κ1) is 8.10. The first-order valence-corrected chi connectivity index (χ1v) is 5.17. The van der Waals surface area contributed by atoms with Gasteiger partial charge in [-0.3, -0.25) is 0 Å². The van der Waals surface area contributed by atoms with E-state index in [9.17, 15) is 0 Å². The van der Waals surface area contributed by atoms with Crippen LogP contribution in [0.1, 0.15) is 0 Å². The number of piperazine rings is 1. The molecule has 0 spiro atoms. The molecule has 54 valence electrons. The third-order valence-electron chi connectivity index (χ3n) is 1.44. The lowest BCUT2D eigenvalue weighted by Gasteiger charge is -2.28. The van der Waals surface area contributed by atoms with Gasteiger partial charge in [-0.2, -0.15) is 0 Å². The molecule has 0 amide bonds. The highest BCUT2D eigenvalue weighted by Gasteiger charge is 2.12. The van der Waals surface area contributed by atoms with Crippen molar-refractivity contribution in [2.75, 3.05) is 32.4 Å². The predicted octanol–water partition coefficient (Wildman–Crippen LogP) is 1.23. The van der Waals surface area contributed by atoms with Crippen molar-refractivity contribution in [3.63, 3.8) is 0 Å². The van der Waals surface area contributed by atoms with Gasteiger partial charge in [-0.1, -0.05) is 11.9 Å². The lowest BCUT2D eigenvalue weighted by atomic mass is 10.4. The van der Waals surface area contributed by atoms with Crippen molar-refractivity contribution >= 4 is 34.8 Å². The van der Waals surface area contributed by atoms with Crippen LogP contribution in [0.5, 0.6) is 0 Å². The number of rotatable bonds is 1. The zero-order valence-corrected chi connectivity index (χ0v) is 8.48. The molecule has 0 N–H and O–H groups in total. The third-order valence-corrected chi connectivity index (χ3v) is 3.29. The smallest absolute Gasteiger partial charge is 0.0226 e. The van der Waals surface area contributed by atoms with Crippen molar-refractivity contribution in [3.05, 3.63) is 0 Å². The maximum Gasteiger partial charge on any atom is 0.0226 e. The van der Waals surface area contributed by atoms with Crippen LogP contribution in [0, 0.1) is 0 Å². The minimum Gasteiger partial charge on any atom is -0.248 e. The van der Waals surface area contributed by atoms with Crippen LogP contribution in [-0.2, 0) is 0 Å². The Balaban J connectivity index is 2.18. The summed E-state index contributed by atoms with van der Waals surface area (Å²) in [5.41, 5.74) is 0. The van der Waals surface area contributed by atoms with Crippen LogP contribution in [0.3, 0.4) is 0 Å². The molecular formula is C5H11IN2S. The molecule has 0 bridgehead atoms. The molecule has 1 fully saturated rings. The summed E-state index contributed by atoms with van der Waals surface area (Å²) < 4.78 is 4.74. The fraction of sp³-hybridized carbons (Fsp3) is 1.00. The van der Waals surface area contributed by atoms with Gasteiger partial charge in [0, 0.05) is 49.0 Å². The predicted molar refractivity (Wildman–Crippen MR) is 50.7 cm³/mol. The van der Waals surface area contributed by atoms with Gasteiger partial charge in [0.05, 0.1) is 0 Å². The van der Waals surface area contributed by atoms with E-state index in [0.29, 0.717) is 0 Å². The first-order valence-electron chi connectivity index (χ1n) is 3.02. The van der Waals surface area contributed by atoms with E-state index in [2.05, 4.69) is 36.5 Å². The molecular weight excluding hydrogens is 247 g/mol. The Kier molecular flexibility index (Phi) is 3.60. The largest absolute Gasteiger partial charge is 0.248 e. The molecule has 0 aromatic heterocycles. The quantitative estimate of drug-likeness (QED) is 0.397. The van der Waals surface area contributed by atoms with Crippen LogP contribution < -0.4 is 0 Å². The summed E-state index contributed by atoms with van der Waals surface area (Å²) >= 11 is 4.23. The van der Waals surface area contributed by atoms with E-state index < -0.39 is 0 Å². The highest BCUT2D eigenvalue weighted by molar-refractivity contribution is 14.1. The molecule has 4 heteroatoms. The van der Waals surface area contributed by atoms with Gasteiger partial charge in [0.1, 0.15) is 0 Å². The molecule has 0 aromatic rings. The summed E-state index contributed by atoms with van der Waals surface area (Å²) in [7, 11) is 0. The van der Waals surface area contributed by atoms with Gasteiger partial charge < -0.3 is 0 Å². The molecule has 1 heterocycles. The number of hydrogen-bond donors (Lipinski definition) is 0. The molecule has 0 aliphatic carbocycles. The topological polar surface area (TPSA) is 6.48 Å². The van der Waals surface area contributed by atoms with Crippen molar-refractivity contribution in [2.45, 2.75) is 0 Å². The van der Waals surface area contributed by atoms with E-state index in [4.69, 9.17) is 0 Å². The Bertz CT molecular complexity index is 83.0. The maximum atomic E-state index is 2.40. The molecule has 1 aliphatic heterocycles. The average molecular weight is 258 g/mol. The van der Waals surface area contributed by atoms with Crippen molar-refractivity contribution in [1.29, 1.82) is 0 Å². The van der Waals surface area contributed by atoms with Crippen molar-refractivity contribution < 1.29 is 0 Å². The second kappa shape index (κ2) is 4.00. The van der Waals surface area contributed by atoms with E-state index in [1.54, 1.807) is 0 Å². The fourth-order valence-corrected chi connectivity index (χ4v) is 1.81. The highest BCUT2D eigenvalue weighted by atomic mass is 127. The Hall–Kier alpha value is 1.00. The van der Waals surface area contributed by atoms with Crippen LogP contribution >= 0.6 is 34.8 Å². The van der Waals surface area contributed by atoms with Gasteiger partial charge in [-0.25, -0.2) is 7.42 Å². The molecule has 0 radical (unpaired) electrons. The zero-order valence-electron chi connectivity index (χ0n) is 5.51. The molecule has 0 saturated carbocycles. The summed E-state index contributed by atoms with van der Waals surface area (Å²) in [5.74, 6) is 0. The van der Waals surface area contributed by atoms with Crippen molar-refractivity contribution in [3.8, 4) is 0 Å². The molecule has 1 aliphatic rings. The molecule has 0 unspecified atom stereocenters. The van der Waals surface area contributed by atoms with Crippen LogP contribution in [0.15, 0.2) is 0 Å². The molecule has 2 nitrogen and oxygen atoms in total. The van der Waals surface area contributed by atoms with Crippen molar-refractivity contribution in [1.82, 2.24) is 7.42 Å². The Morgan fingerprint density at radius 3 is 2.22 bits per heavy atom. The van der Waals surface area contributed by atoms with Gasteiger partial charge in [-0.15, -0.1) is 0 Å². The minimum absolute atomic E-state index is 1.21. The van der Waals surface area contributed by atoms with Gasteiger partial charge in [0.15, 0.2) is 0 Å². The monoisotopic (exact) mass is 258 g/mol. The van der Waals surface area contributed by atoms with Gasteiger partial charge in [-0.05, 0) is 6.26 Å². The van der Waals surface area contributed by atoms with Gasteiger partial charge in [0.25, 0.3) is 0 Å². The first-order chi connectivity index (χ1) is 4.33. The lowest BCUT2D eigenvalue weighted by molar-refractivity contribution is 0.327. The van der Waals surface area contributed by atoms with Crippen LogP contribution in [0.4, 0.5) is 0 Å². The second-order valence-corrected chi connectivity index (χ2v) is 4.27. The summed E-state index contributed by atoms with van der Waals surface area (Å²) in [6.07, 6.45) is 2.14. The Labute approximate surface area is 74.6 Å². The van der Waals surface area contributed by atoms with Crippen LogP contribution in [0.2, 0.25) is 0 Å².